The van der Waals surface area contributed by atoms with E-state index >= 15 is 0 Å². The van der Waals surface area contributed by atoms with Crippen molar-refractivity contribution in [3.05, 3.63) is 0 Å². The molecule has 2 fully saturated rings. The average Bonchev–Trinajstić information content (AvgIpc) is 3.20. The molecule has 1 aliphatic carbocycles. The maximum atomic E-state index is 11.8. The van der Waals surface area contributed by atoms with Crippen LogP contribution in [0.1, 0.15) is 19.8 Å². The molecule has 116 valence electrons. The number of hydrogen-bond acceptors (Lipinski definition) is 5. The third kappa shape index (κ3) is 2.98. The van der Waals surface area contributed by atoms with E-state index in [2.05, 4.69) is 10.2 Å². The van der Waals surface area contributed by atoms with Gasteiger partial charge in [0.2, 0.25) is 0 Å². The summed E-state index contributed by atoms with van der Waals surface area (Å²) in [5.41, 5.74) is -0.824. The highest BCUT2D eigenvalue weighted by molar-refractivity contribution is 5.80. The van der Waals surface area contributed by atoms with Crippen LogP contribution >= 0.6 is 0 Å². The standard InChI is InChI=1S/C14H26N2O4/c1-4-15-14(13(17)18,10-5-6-10)9-16-7-11(19-2)12(8-16)20-3/h10-12,15H,4-9H2,1-3H3,(H,17,18). The van der Waals surface area contributed by atoms with Crippen molar-refractivity contribution in [2.24, 2.45) is 5.92 Å². The SMILES string of the molecule is CCNC(CN1CC(OC)C(OC)C1)(C(=O)O)C1CC1. The Kier molecular flexibility index (Phi) is 5.01. The molecule has 6 heteroatoms. The molecule has 0 aromatic carbocycles. The van der Waals surface area contributed by atoms with Gasteiger partial charge in [0.05, 0.1) is 12.2 Å². The molecule has 1 aliphatic heterocycles. The van der Waals surface area contributed by atoms with Crippen LogP contribution in [0.4, 0.5) is 0 Å². The molecule has 0 aromatic rings. The predicted molar refractivity (Wildman–Crippen MR) is 74.8 cm³/mol. The molecule has 2 aliphatic rings. The number of likely N-dealkylation sites (N-methyl/N-ethyl adjacent to an activating group) is 1. The number of ether oxygens (including phenoxy) is 2. The Morgan fingerprint density at radius 1 is 1.30 bits per heavy atom. The Balaban J connectivity index is 2.07. The monoisotopic (exact) mass is 286 g/mol. The number of methoxy groups -OCH3 is 2. The van der Waals surface area contributed by atoms with Crippen LogP contribution in [0, 0.1) is 5.92 Å². The Labute approximate surface area is 120 Å². The summed E-state index contributed by atoms with van der Waals surface area (Å²) in [5.74, 6) is -0.501. The zero-order chi connectivity index (χ0) is 14.8. The van der Waals surface area contributed by atoms with Crippen LogP contribution in [-0.2, 0) is 14.3 Å². The van der Waals surface area contributed by atoms with Gasteiger partial charge in [0, 0.05) is 33.9 Å². The lowest BCUT2D eigenvalue weighted by molar-refractivity contribution is -0.147. The number of rotatable bonds is 8. The van der Waals surface area contributed by atoms with E-state index in [1.165, 1.54) is 0 Å². The highest BCUT2D eigenvalue weighted by Crippen LogP contribution is 2.41. The molecule has 0 radical (unpaired) electrons. The molecule has 3 unspecified atom stereocenters. The summed E-state index contributed by atoms with van der Waals surface area (Å²) in [4.78, 5) is 14.0. The minimum Gasteiger partial charge on any atom is -0.480 e. The number of carboxylic acid groups (broad SMARTS) is 1. The summed E-state index contributed by atoms with van der Waals surface area (Å²) in [7, 11) is 3.35. The Hall–Kier alpha value is -0.690. The molecule has 0 bridgehead atoms. The Morgan fingerprint density at radius 2 is 1.85 bits per heavy atom. The van der Waals surface area contributed by atoms with Crippen molar-refractivity contribution < 1.29 is 19.4 Å². The van der Waals surface area contributed by atoms with Crippen molar-refractivity contribution in [2.75, 3.05) is 40.4 Å². The van der Waals surface area contributed by atoms with Gasteiger partial charge in [0.15, 0.2) is 0 Å². The first kappa shape index (κ1) is 15.7. The van der Waals surface area contributed by atoms with Crippen molar-refractivity contribution in [3.63, 3.8) is 0 Å². The van der Waals surface area contributed by atoms with E-state index in [-0.39, 0.29) is 18.1 Å². The summed E-state index contributed by atoms with van der Waals surface area (Å²) in [6.07, 6.45) is 2.03. The number of nitrogens with one attached hydrogen (secondary N) is 1. The van der Waals surface area contributed by atoms with Crippen LogP contribution < -0.4 is 5.32 Å². The molecule has 0 aromatic heterocycles. The predicted octanol–water partition coefficient (Wildman–Crippen LogP) is 0.175. The number of aliphatic carboxylic acids is 1. The normalized spacial score (nSPS) is 30.4. The van der Waals surface area contributed by atoms with Crippen molar-refractivity contribution in [1.82, 2.24) is 10.2 Å². The number of nitrogens with zero attached hydrogens (tertiary/aromatic N) is 1. The fourth-order valence-electron chi connectivity index (χ4n) is 3.29. The molecule has 20 heavy (non-hydrogen) atoms. The zero-order valence-electron chi connectivity index (χ0n) is 12.6. The Bertz CT molecular complexity index is 336. The van der Waals surface area contributed by atoms with E-state index in [1.807, 2.05) is 6.92 Å². The van der Waals surface area contributed by atoms with E-state index in [4.69, 9.17) is 9.47 Å². The molecule has 1 saturated heterocycles. The summed E-state index contributed by atoms with van der Waals surface area (Å²) in [6, 6.07) is 0. The first-order valence-corrected chi connectivity index (χ1v) is 7.33. The van der Waals surface area contributed by atoms with Gasteiger partial charge in [-0.3, -0.25) is 9.69 Å². The van der Waals surface area contributed by atoms with E-state index in [9.17, 15) is 9.90 Å². The minimum atomic E-state index is -0.824. The van der Waals surface area contributed by atoms with Gasteiger partial charge in [0.1, 0.15) is 5.54 Å². The number of hydrogen-bond donors (Lipinski definition) is 2. The van der Waals surface area contributed by atoms with Gasteiger partial charge in [-0.05, 0) is 25.3 Å². The van der Waals surface area contributed by atoms with Crippen molar-refractivity contribution in [3.8, 4) is 0 Å². The van der Waals surface area contributed by atoms with Crippen LogP contribution in [0.15, 0.2) is 0 Å². The number of likely N-dealkylation sites (tertiary alicyclic amines) is 1. The smallest absolute Gasteiger partial charge is 0.325 e. The highest BCUT2D eigenvalue weighted by Gasteiger charge is 2.52. The van der Waals surface area contributed by atoms with E-state index in [0.717, 1.165) is 25.9 Å². The molecule has 2 rings (SSSR count). The van der Waals surface area contributed by atoms with Gasteiger partial charge >= 0.3 is 5.97 Å². The van der Waals surface area contributed by atoms with Crippen LogP contribution in [0.25, 0.3) is 0 Å². The van der Waals surface area contributed by atoms with Gasteiger partial charge in [-0.2, -0.15) is 0 Å². The third-order valence-corrected chi connectivity index (χ3v) is 4.52. The zero-order valence-corrected chi connectivity index (χ0v) is 12.6. The van der Waals surface area contributed by atoms with Crippen molar-refractivity contribution in [1.29, 1.82) is 0 Å². The second-order valence-electron chi connectivity index (χ2n) is 5.82. The second kappa shape index (κ2) is 6.39. The molecule has 1 heterocycles. The van der Waals surface area contributed by atoms with Gasteiger partial charge in [-0.15, -0.1) is 0 Å². The quantitative estimate of drug-likeness (QED) is 0.663. The minimum absolute atomic E-state index is 0.0207. The molecular formula is C14H26N2O4. The average molecular weight is 286 g/mol. The molecule has 1 saturated carbocycles. The fourth-order valence-corrected chi connectivity index (χ4v) is 3.29. The van der Waals surface area contributed by atoms with E-state index in [0.29, 0.717) is 13.1 Å². The van der Waals surface area contributed by atoms with Crippen LogP contribution in [-0.4, -0.2) is 74.1 Å². The van der Waals surface area contributed by atoms with E-state index < -0.39 is 11.5 Å². The summed E-state index contributed by atoms with van der Waals surface area (Å²) in [6.45, 7) is 4.59. The lowest BCUT2D eigenvalue weighted by atomic mass is 9.92. The molecule has 0 spiro atoms. The largest absolute Gasteiger partial charge is 0.480 e. The summed E-state index contributed by atoms with van der Waals surface area (Å²) < 4.78 is 10.8. The summed E-state index contributed by atoms with van der Waals surface area (Å²) >= 11 is 0. The second-order valence-corrected chi connectivity index (χ2v) is 5.82. The molecule has 6 nitrogen and oxygen atoms in total. The number of carbonyl (C=O) groups is 1. The third-order valence-electron chi connectivity index (χ3n) is 4.52. The van der Waals surface area contributed by atoms with Gasteiger partial charge in [-0.1, -0.05) is 6.92 Å². The van der Waals surface area contributed by atoms with Crippen LogP contribution in [0.5, 0.6) is 0 Å². The van der Waals surface area contributed by atoms with Crippen LogP contribution in [0.3, 0.4) is 0 Å². The molecule has 3 atom stereocenters. The molecule has 0 amide bonds. The first-order valence-electron chi connectivity index (χ1n) is 7.33. The number of carboxylic acids is 1. The topological polar surface area (TPSA) is 71.0 Å². The lowest BCUT2D eigenvalue weighted by Crippen LogP contribution is -2.60. The fraction of sp³-hybridized carbons (Fsp3) is 0.929. The van der Waals surface area contributed by atoms with Gasteiger partial charge < -0.3 is 19.9 Å². The van der Waals surface area contributed by atoms with Crippen LogP contribution in [0.2, 0.25) is 0 Å². The highest BCUT2D eigenvalue weighted by atomic mass is 16.5. The molecule has 2 N–H and O–H groups in total. The maximum Gasteiger partial charge on any atom is 0.325 e. The van der Waals surface area contributed by atoms with Crippen molar-refractivity contribution in [2.45, 2.75) is 37.5 Å². The first-order chi connectivity index (χ1) is 9.57. The summed E-state index contributed by atoms with van der Waals surface area (Å²) in [5, 5.41) is 12.9. The van der Waals surface area contributed by atoms with E-state index in [1.54, 1.807) is 14.2 Å². The lowest BCUT2D eigenvalue weighted by Gasteiger charge is -2.34. The van der Waals surface area contributed by atoms with Gasteiger partial charge in [0.25, 0.3) is 0 Å². The Morgan fingerprint density at radius 3 is 2.20 bits per heavy atom. The molecular weight excluding hydrogens is 260 g/mol. The van der Waals surface area contributed by atoms with Gasteiger partial charge in [-0.25, -0.2) is 0 Å². The maximum absolute atomic E-state index is 11.8. The van der Waals surface area contributed by atoms with Crippen molar-refractivity contribution >= 4 is 5.97 Å².